The normalized spacial score (nSPS) is 22.8. The van der Waals surface area contributed by atoms with Crippen LogP contribution in [0.3, 0.4) is 0 Å². The fourth-order valence-electron chi connectivity index (χ4n) is 3.54. The quantitative estimate of drug-likeness (QED) is 0.626. The van der Waals surface area contributed by atoms with Gasteiger partial charge in [-0.25, -0.2) is 8.42 Å². The highest BCUT2D eigenvalue weighted by atomic mass is 79.9. The lowest BCUT2D eigenvalue weighted by Gasteiger charge is -2.37. The summed E-state index contributed by atoms with van der Waals surface area (Å²) < 4.78 is 35.4. The van der Waals surface area contributed by atoms with Crippen molar-refractivity contribution in [2.24, 2.45) is 5.73 Å². The molecule has 2 unspecified atom stereocenters. The van der Waals surface area contributed by atoms with E-state index >= 15 is 0 Å². The number of fused-ring (bicyclic) bond motifs is 1. The smallest absolute Gasteiger partial charge is 0.256 e. The summed E-state index contributed by atoms with van der Waals surface area (Å²) >= 11 is 3.39. The van der Waals surface area contributed by atoms with Gasteiger partial charge in [0.2, 0.25) is 5.91 Å². The van der Waals surface area contributed by atoms with E-state index in [1.807, 2.05) is 6.07 Å². The zero-order valence-corrected chi connectivity index (χ0v) is 18.8. The maximum absolute atomic E-state index is 13.0. The summed E-state index contributed by atoms with van der Waals surface area (Å²) in [5, 5.41) is 0. The highest BCUT2D eigenvalue weighted by molar-refractivity contribution is 9.10. The third-order valence-corrected chi connectivity index (χ3v) is 8.10. The molecular formula is C19H25BrN2O6S. The van der Waals surface area contributed by atoms with Crippen LogP contribution in [-0.2, 0) is 30.7 Å². The van der Waals surface area contributed by atoms with Gasteiger partial charge in [-0.3, -0.25) is 9.59 Å². The van der Waals surface area contributed by atoms with Crippen molar-refractivity contribution < 1.29 is 27.5 Å². The van der Waals surface area contributed by atoms with E-state index in [-0.39, 0.29) is 18.9 Å². The fourth-order valence-corrected chi connectivity index (χ4v) is 4.76. The van der Waals surface area contributed by atoms with Crippen LogP contribution in [0.1, 0.15) is 48.5 Å². The SMILES string of the molecule is C[C@@](CC(OC1CCCCO1)N1Cc2cc(Br)ccc2C1=O)(C(N)=O)S(C)(=O)=O. The van der Waals surface area contributed by atoms with Crippen LogP contribution in [-0.4, -0.2) is 55.3 Å². The van der Waals surface area contributed by atoms with E-state index in [2.05, 4.69) is 15.9 Å². The Labute approximate surface area is 178 Å². The summed E-state index contributed by atoms with van der Waals surface area (Å²) in [4.78, 5) is 26.6. The molecule has 2 aliphatic heterocycles. The van der Waals surface area contributed by atoms with Crippen LogP contribution in [0.25, 0.3) is 0 Å². The number of amides is 2. The van der Waals surface area contributed by atoms with Crippen LogP contribution >= 0.6 is 15.9 Å². The Morgan fingerprint density at radius 3 is 2.76 bits per heavy atom. The monoisotopic (exact) mass is 488 g/mol. The summed E-state index contributed by atoms with van der Waals surface area (Å²) in [7, 11) is -3.86. The molecule has 0 bridgehead atoms. The van der Waals surface area contributed by atoms with Gasteiger partial charge in [-0.2, -0.15) is 0 Å². The fraction of sp³-hybridized carbons (Fsp3) is 0.579. The minimum Gasteiger partial charge on any atom is -0.368 e. The van der Waals surface area contributed by atoms with Gasteiger partial charge >= 0.3 is 0 Å². The summed E-state index contributed by atoms with van der Waals surface area (Å²) in [5.74, 6) is -1.27. The zero-order valence-electron chi connectivity index (χ0n) is 16.4. The Bertz CT molecular complexity index is 915. The molecule has 2 heterocycles. The highest BCUT2D eigenvalue weighted by Crippen LogP contribution is 2.33. The zero-order chi connectivity index (χ0) is 21.4. The van der Waals surface area contributed by atoms with Gasteiger partial charge in [0.1, 0.15) is 6.23 Å². The van der Waals surface area contributed by atoms with E-state index < -0.39 is 33.0 Å². The molecule has 0 aliphatic carbocycles. The molecule has 10 heteroatoms. The summed E-state index contributed by atoms with van der Waals surface area (Å²) in [6.07, 6.45) is 1.57. The minimum absolute atomic E-state index is 0.240. The Morgan fingerprint density at radius 2 is 2.17 bits per heavy atom. The third-order valence-electron chi connectivity index (χ3n) is 5.60. The van der Waals surface area contributed by atoms with Crippen molar-refractivity contribution in [1.82, 2.24) is 4.90 Å². The first-order chi connectivity index (χ1) is 13.5. The molecule has 160 valence electrons. The molecule has 1 saturated heterocycles. The van der Waals surface area contributed by atoms with Crippen LogP contribution in [0.15, 0.2) is 22.7 Å². The number of hydrogen-bond donors (Lipinski definition) is 1. The summed E-state index contributed by atoms with van der Waals surface area (Å²) in [5.41, 5.74) is 6.78. The Hall–Kier alpha value is -1.49. The molecule has 1 aromatic rings. The predicted octanol–water partition coefficient (Wildman–Crippen LogP) is 1.95. The second-order valence-corrected chi connectivity index (χ2v) is 11.1. The molecule has 0 saturated carbocycles. The van der Waals surface area contributed by atoms with Gasteiger partial charge in [-0.1, -0.05) is 15.9 Å². The van der Waals surface area contributed by atoms with Crippen LogP contribution in [0.5, 0.6) is 0 Å². The summed E-state index contributed by atoms with van der Waals surface area (Å²) in [6, 6.07) is 5.31. The Morgan fingerprint density at radius 1 is 1.45 bits per heavy atom. The number of rotatable bonds is 7. The Kier molecular flexibility index (Phi) is 6.38. The number of nitrogens with two attached hydrogens (primary N) is 1. The molecule has 1 aromatic carbocycles. The van der Waals surface area contributed by atoms with Crippen LogP contribution < -0.4 is 5.73 Å². The first-order valence-electron chi connectivity index (χ1n) is 9.39. The highest BCUT2D eigenvalue weighted by Gasteiger charge is 2.47. The number of carbonyl (C=O) groups is 2. The second kappa shape index (κ2) is 8.33. The molecular weight excluding hydrogens is 464 g/mol. The van der Waals surface area contributed by atoms with E-state index in [0.29, 0.717) is 18.6 Å². The van der Waals surface area contributed by atoms with Crippen molar-refractivity contribution in [2.45, 2.75) is 56.4 Å². The predicted molar refractivity (Wildman–Crippen MR) is 110 cm³/mol. The van der Waals surface area contributed by atoms with Gasteiger partial charge in [-0.15, -0.1) is 0 Å². The van der Waals surface area contributed by atoms with Gasteiger partial charge < -0.3 is 20.1 Å². The number of primary amides is 1. The van der Waals surface area contributed by atoms with Crippen LogP contribution in [0.2, 0.25) is 0 Å². The lowest BCUT2D eigenvalue weighted by atomic mass is 10.0. The Balaban J connectivity index is 1.93. The van der Waals surface area contributed by atoms with E-state index in [1.165, 1.54) is 11.8 Å². The average Bonchev–Trinajstić information content (AvgIpc) is 2.96. The standard InChI is InChI=1S/C19H25BrN2O6S/c1-19(18(21)24,29(2,25)26)10-15(28-16-5-3-4-8-27-16)22-11-12-9-13(20)6-7-14(12)17(22)23/h6-7,9,15-16H,3-5,8,10-11H2,1-2H3,(H2,21,24)/t15?,16?,19-/m1/s1. The van der Waals surface area contributed by atoms with E-state index in [9.17, 15) is 18.0 Å². The lowest BCUT2D eigenvalue weighted by molar-refractivity contribution is -0.216. The van der Waals surface area contributed by atoms with Gasteiger partial charge in [0.05, 0.1) is 0 Å². The van der Waals surface area contributed by atoms with Gasteiger partial charge in [0.25, 0.3) is 5.91 Å². The maximum Gasteiger partial charge on any atom is 0.256 e. The lowest BCUT2D eigenvalue weighted by Crippen LogP contribution is -2.54. The number of benzene rings is 1. The van der Waals surface area contributed by atoms with Crippen LogP contribution in [0, 0.1) is 0 Å². The molecule has 2 aliphatic rings. The van der Waals surface area contributed by atoms with E-state index in [4.69, 9.17) is 15.2 Å². The molecule has 3 atom stereocenters. The number of carbonyl (C=O) groups excluding carboxylic acids is 2. The van der Waals surface area contributed by atoms with Gasteiger partial charge in [0.15, 0.2) is 20.9 Å². The molecule has 8 nitrogen and oxygen atoms in total. The molecule has 2 N–H and O–H groups in total. The molecule has 3 rings (SSSR count). The first kappa shape index (κ1) is 22.2. The minimum atomic E-state index is -3.86. The molecule has 0 aromatic heterocycles. The van der Waals surface area contributed by atoms with E-state index in [0.717, 1.165) is 29.1 Å². The van der Waals surface area contributed by atoms with Gasteiger partial charge in [-0.05, 0) is 49.9 Å². The number of sulfone groups is 1. The topological polar surface area (TPSA) is 116 Å². The number of ether oxygens (including phenoxy) is 2. The van der Waals surface area contributed by atoms with E-state index in [1.54, 1.807) is 12.1 Å². The number of halogens is 1. The first-order valence-corrected chi connectivity index (χ1v) is 12.1. The van der Waals surface area contributed by atoms with Crippen molar-refractivity contribution in [3.63, 3.8) is 0 Å². The van der Waals surface area contributed by atoms with Crippen molar-refractivity contribution >= 4 is 37.6 Å². The van der Waals surface area contributed by atoms with Crippen molar-refractivity contribution in [1.29, 1.82) is 0 Å². The molecule has 1 fully saturated rings. The maximum atomic E-state index is 13.0. The molecule has 2 amide bonds. The van der Waals surface area contributed by atoms with Crippen molar-refractivity contribution in [2.75, 3.05) is 12.9 Å². The largest absolute Gasteiger partial charge is 0.368 e. The third kappa shape index (κ3) is 4.50. The van der Waals surface area contributed by atoms with Gasteiger partial charge in [0, 0.05) is 35.9 Å². The van der Waals surface area contributed by atoms with Crippen molar-refractivity contribution in [3.8, 4) is 0 Å². The molecule has 0 spiro atoms. The number of hydrogen-bond acceptors (Lipinski definition) is 6. The average molecular weight is 489 g/mol. The van der Waals surface area contributed by atoms with Crippen LogP contribution in [0.4, 0.5) is 0 Å². The molecule has 29 heavy (non-hydrogen) atoms. The summed E-state index contributed by atoms with van der Waals surface area (Å²) in [6.45, 7) is 2.04. The van der Waals surface area contributed by atoms with Crippen molar-refractivity contribution in [3.05, 3.63) is 33.8 Å². The second-order valence-electron chi connectivity index (χ2n) is 7.69. The molecule has 0 radical (unpaired) electrons. The number of nitrogens with zero attached hydrogens (tertiary/aromatic N) is 1.